The fourth-order valence-corrected chi connectivity index (χ4v) is 14.1. The summed E-state index contributed by atoms with van der Waals surface area (Å²) in [5, 5.41) is 10.9. The van der Waals surface area contributed by atoms with E-state index in [0.717, 1.165) is 130 Å². The maximum atomic E-state index is 13.5. The first-order valence-electron chi connectivity index (χ1n) is 31.8. The monoisotopic (exact) mass is 1420 g/mol. The van der Waals surface area contributed by atoms with E-state index in [2.05, 4.69) is 201 Å². The summed E-state index contributed by atoms with van der Waals surface area (Å²) in [5.41, 5.74) is 18.8. The van der Waals surface area contributed by atoms with E-state index >= 15 is 0 Å². The molecule has 0 saturated carbocycles. The third-order valence-corrected chi connectivity index (χ3v) is 19.4. The molecule has 0 unspecified atom stereocenters. The molecule has 0 atom stereocenters. The molecule has 9 aromatic carbocycles. The summed E-state index contributed by atoms with van der Waals surface area (Å²) in [6, 6.07) is 81.9. The topological polar surface area (TPSA) is 142 Å². The minimum Gasteiger partial charge on any atom is -1.00 e. The van der Waals surface area contributed by atoms with Crippen molar-refractivity contribution in [2.45, 2.75) is 49.3 Å². The van der Waals surface area contributed by atoms with Crippen LogP contribution in [0.4, 0.5) is 0 Å². The fraction of sp³-hybridized carbons (Fsp3) is 0.111. The number of sulfonamides is 1. The van der Waals surface area contributed by atoms with Gasteiger partial charge in [0.25, 0.3) is 0 Å². The molecule has 0 N–H and O–H groups in total. The third-order valence-electron chi connectivity index (χ3n) is 16.9. The first-order valence-corrected chi connectivity index (χ1v) is 34.0. The first kappa shape index (κ1) is 68.9. The van der Waals surface area contributed by atoms with E-state index in [1.807, 2.05) is 97.6 Å². The average Bonchev–Trinajstić information content (AvgIpc) is 0.776. The Morgan fingerprint density at radius 1 is 0.351 bits per heavy atom. The Morgan fingerprint density at radius 2 is 0.608 bits per heavy atom. The molecule has 6 heterocycles. The maximum absolute atomic E-state index is 13.5. The van der Waals surface area contributed by atoms with Gasteiger partial charge in [-0.2, -0.15) is 4.31 Å². The number of hydrogen-bond donors (Lipinski definition) is 0. The van der Waals surface area contributed by atoms with Crippen LogP contribution in [-0.4, -0.2) is 62.8 Å². The van der Waals surface area contributed by atoms with Gasteiger partial charge in [-0.25, -0.2) is 13.3 Å². The normalized spacial score (nSPS) is 11.3. The number of pyridine rings is 6. The molecule has 97 heavy (non-hydrogen) atoms. The van der Waals surface area contributed by atoms with Gasteiger partial charge in [-0.05, 0) is 140 Å². The van der Waals surface area contributed by atoms with E-state index < -0.39 is 10.0 Å². The molecule has 484 valence electrons. The quantitative estimate of drug-likeness (QED) is 0.0201. The number of aromatic nitrogens is 6. The second-order valence-corrected chi connectivity index (χ2v) is 25.4. The van der Waals surface area contributed by atoms with Crippen LogP contribution in [0, 0.1) is 0 Å². The minimum absolute atomic E-state index is 0. The molecule has 0 saturated heterocycles. The number of halogens is 1. The SMILES string of the molecule is CCCCN(CCCC)S(=O)(=O)c1ccc(-c2ccnc3c2ccc2c(-c4ccc(SOOOC)cc4)ccnc23)cc1.[Cl-].[Ru].c1ccc(-c2ccnc3c2ccc2c(-c4ccccc4)ccnc23)cc1.c1ccc(-c2ccnc3c2ccc2c(-c4ccccc4)ccnc23)cc1. The predicted molar refractivity (Wildman–Crippen MR) is 387 cm³/mol. The molecular weight excluding hydrogens is 1350 g/mol. The summed E-state index contributed by atoms with van der Waals surface area (Å²) in [6.45, 7) is 5.23. The van der Waals surface area contributed by atoms with Crippen LogP contribution < -0.4 is 12.4 Å². The van der Waals surface area contributed by atoms with Crippen LogP contribution in [-0.2, 0) is 43.8 Å². The largest absolute Gasteiger partial charge is 1.00 e. The van der Waals surface area contributed by atoms with Gasteiger partial charge in [-0.3, -0.25) is 29.9 Å². The van der Waals surface area contributed by atoms with Gasteiger partial charge < -0.3 is 12.4 Å². The van der Waals surface area contributed by atoms with Crippen LogP contribution in [0.5, 0.6) is 0 Å². The van der Waals surface area contributed by atoms with Crippen LogP contribution in [0.15, 0.2) is 290 Å². The summed E-state index contributed by atoms with van der Waals surface area (Å²) in [7, 11) is -2.19. The van der Waals surface area contributed by atoms with Crippen molar-refractivity contribution >= 4 is 87.5 Å². The van der Waals surface area contributed by atoms with Gasteiger partial charge in [0.2, 0.25) is 10.0 Å². The van der Waals surface area contributed by atoms with Gasteiger partial charge in [0, 0.05) is 107 Å². The van der Waals surface area contributed by atoms with Gasteiger partial charge in [-0.1, -0.05) is 214 Å². The number of benzene rings is 9. The average molecular weight is 1420 g/mol. The molecule has 0 spiro atoms. The van der Waals surface area contributed by atoms with Crippen LogP contribution >= 0.6 is 12.0 Å². The maximum Gasteiger partial charge on any atom is 0.243 e. The Hall–Kier alpha value is -9.51. The molecule has 15 aromatic rings. The third kappa shape index (κ3) is 15.1. The second-order valence-electron chi connectivity index (χ2n) is 22.7. The molecule has 0 bridgehead atoms. The van der Waals surface area contributed by atoms with Gasteiger partial charge in [-0.15, -0.1) is 4.33 Å². The van der Waals surface area contributed by atoms with Crippen LogP contribution in [0.3, 0.4) is 0 Å². The van der Waals surface area contributed by atoms with Crippen LogP contribution in [0.2, 0.25) is 0 Å². The molecule has 6 aromatic heterocycles. The summed E-state index contributed by atoms with van der Waals surface area (Å²) in [6.07, 6.45) is 14.7. The van der Waals surface area contributed by atoms with Crippen LogP contribution in [0.25, 0.3) is 132 Å². The number of fused-ring (bicyclic) bond motifs is 9. The Labute approximate surface area is 588 Å². The molecule has 0 aliphatic heterocycles. The number of rotatable bonds is 18. The molecule has 0 fully saturated rings. The Kier molecular flexibility index (Phi) is 23.1. The van der Waals surface area contributed by atoms with Crippen molar-refractivity contribution in [1.82, 2.24) is 34.2 Å². The van der Waals surface area contributed by atoms with E-state index in [1.54, 1.807) is 28.8 Å². The standard InChI is InChI=1S/C33H35N3O5S2.2C24H16N2.ClH.Ru/c1-4-6-22-36(23-7-5-2)43(37,38)27-14-10-25(11-15-27)29-19-21-35-33-31(29)17-16-30-28(18-20-34-32(30)33)24-8-12-26(13-9-24)42-41-40-39-3;2*1-3-7-17(8-4-1)19-13-15-25-23-21(19)11-12-22-20(14-16-26-24(22)23)18-9-5-2-6-10-18;;/h8-21H,4-7,22-23H2,1-3H3;2*1-16H;1H;/p-1. The van der Waals surface area contributed by atoms with Crippen molar-refractivity contribution in [2.24, 2.45) is 0 Å². The van der Waals surface area contributed by atoms with Gasteiger partial charge >= 0.3 is 0 Å². The predicted octanol–water partition coefficient (Wildman–Crippen LogP) is 17.5. The van der Waals surface area contributed by atoms with Gasteiger partial charge in [0.1, 0.15) is 0 Å². The number of nitrogens with zero attached hydrogens (tertiary/aromatic N) is 7. The molecule has 0 radical (unpaired) electrons. The molecule has 15 rings (SSSR count). The zero-order chi connectivity index (χ0) is 64.9. The van der Waals surface area contributed by atoms with Gasteiger partial charge in [0.15, 0.2) is 0 Å². The van der Waals surface area contributed by atoms with Crippen molar-refractivity contribution < 1.29 is 54.6 Å². The summed E-state index contributed by atoms with van der Waals surface area (Å²) in [4.78, 5) is 33.7. The smallest absolute Gasteiger partial charge is 0.243 e. The van der Waals surface area contributed by atoms with E-state index in [9.17, 15) is 8.42 Å². The zero-order valence-corrected chi connectivity index (χ0v) is 57.6. The second kappa shape index (κ2) is 32.5. The first-order chi connectivity index (χ1) is 46.8. The fourth-order valence-electron chi connectivity index (χ4n) is 12.2. The Bertz CT molecular complexity index is 4870. The van der Waals surface area contributed by atoms with Crippen molar-refractivity contribution in [3.8, 4) is 66.8 Å². The molecular formula is C81H67ClN7O5RuS2-. The Balaban J connectivity index is 0.000000153. The summed E-state index contributed by atoms with van der Waals surface area (Å²) < 4.78 is 33.4. The van der Waals surface area contributed by atoms with E-state index in [-0.39, 0.29) is 31.9 Å². The van der Waals surface area contributed by atoms with Crippen molar-refractivity contribution in [2.75, 3.05) is 20.2 Å². The van der Waals surface area contributed by atoms with E-state index in [4.69, 9.17) is 14.3 Å². The number of hydrogen-bond acceptors (Lipinski definition) is 12. The molecule has 0 aliphatic rings. The Morgan fingerprint density at radius 3 is 0.866 bits per heavy atom. The van der Waals surface area contributed by atoms with Crippen molar-refractivity contribution in [3.05, 3.63) is 280 Å². The molecule has 12 nitrogen and oxygen atoms in total. The van der Waals surface area contributed by atoms with E-state index in [1.165, 1.54) is 51.6 Å². The minimum atomic E-state index is -3.56. The zero-order valence-electron chi connectivity index (χ0n) is 53.5. The van der Waals surface area contributed by atoms with Gasteiger partial charge in [0.05, 0.1) is 57.1 Å². The van der Waals surface area contributed by atoms with Crippen molar-refractivity contribution in [1.29, 1.82) is 0 Å². The summed E-state index contributed by atoms with van der Waals surface area (Å²) in [5.74, 6) is 0. The van der Waals surface area contributed by atoms with E-state index in [0.29, 0.717) is 18.0 Å². The van der Waals surface area contributed by atoms with Crippen LogP contribution in [0.1, 0.15) is 39.5 Å². The summed E-state index contributed by atoms with van der Waals surface area (Å²) >= 11 is 1.06. The molecule has 0 amide bonds. The number of unbranched alkanes of at least 4 members (excludes halogenated alkanes) is 2. The molecule has 0 aliphatic carbocycles. The molecule has 16 heteroatoms. The van der Waals surface area contributed by atoms with Crippen molar-refractivity contribution in [3.63, 3.8) is 0 Å².